The van der Waals surface area contributed by atoms with E-state index in [2.05, 4.69) is 22.2 Å². The maximum Gasteiger partial charge on any atom is 0.243 e. The van der Waals surface area contributed by atoms with Gasteiger partial charge in [-0.25, -0.2) is 0 Å². The lowest BCUT2D eigenvalue weighted by atomic mass is 9.79. The molecule has 0 saturated carbocycles. The summed E-state index contributed by atoms with van der Waals surface area (Å²) in [5.74, 6) is 1.90. The second-order valence-electron chi connectivity index (χ2n) is 5.65. The minimum atomic E-state index is -0.822. The predicted octanol–water partition coefficient (Wildman–Crippen LogP) is 3.03. The first-order valence-corrected chi connectivity index (χ1v) is 8.04. The average Bonchev–Trinajstić information content (AvgIpc) is 2.99. The first-order valence-electron chi connectivity index (χ1n) is 7.66. The highest BCUT2D eigenvalue weighted by atomic mass is 35.5. The first kappa shape index (κ1) is 17.7. The Morgan fingerprint density at radius 1 is 1.50 bits per heavy atom. The fourth-order valence-electron chi connectivity index (χ4n) is 3.01. The van der Waals surface area contributed by atoms with Crippen LogP contribution in [0, 0.1) is 41.9 Å². The van der Waals surface area contributed by atoms with Crippen LogP contribution < -0.4 is 14.2 Å². The van der Waals surface area contributed by atoms with Crippen molar-refractivity contribution in [3.8, 4) is 35.8 Å². The molecule has 0 aliphatic carbocycles. The van der Waals surface area contributed by atoms with Gasteiger partial charge in [0.1, 0.15) is 12.5 Å². The molecule has 132 valence electrons. The zero-order chi connectivity index (χ0) is 18.8. The van der Waals surface area contributed by atoms with Crippen LogP contribution in [-0.4, -0.2) is 29.8 Å². The molecule has 2 N–H and O–H groups in total. The van der Waals surface area contributed by atoms with E-state index in [0.717, 1.165) is 5.69 Å². The number of terminal acetylenes is 1. The van der Waals surface area contributed by atoms with E-state index in [1.54, 1.807) is 12.1 Å². The molecule has 8 heteroatoms. The van der Waals surface area contributed by atoms with Crippen molar-refractivity contribution in [2.75, 3.05) is 13.7 Å². The van der Waals surface area contributed by atoms with Crippen molar-refractivity contribution in [1.29, 1.82) is 10.7 Å². The third-order valence-corrected chi connectivity index (χ3v) is 4.42. The van der Waals surface area contributed by atoms with E-state index in [1.807, 2.05) is 6.92 Å². The van der Waals surface area contributed by atoms with Gasteiger partial charge in [-0.05, 0) is 24.6 Å². The monoisotopic (exact) mass is 370 g/mol. The van der Waals surface area contributed by atoms with Crippen molar-refractivity contribution in [2.45, 2.75) is 12.8 Å². The molecular formula is C18H15ClN4O3. The summed E-state index contributed by atoms with van der Waals surface area (Å²) in [5, 5.41) is 24.8. The average molecular weight is 371 g/mol. The molecule has 0 spiro atoms. The third-order valence-electron chi connectivity index (χ3n) is 4.14. The van der Waals surface area contributed by atoms with Gasteiger partial charge < -0.3 is 14.2 Å². The summed E-state index contributed by atoms with van der Waals surface area (Å²) in [4.78, 5) is 0. The van der Waals surface area contributed by atoms with Crippen molar-refractivity contribution in [2.24, 2.45) is 5.92 Å². The number of nitrogens with one attached hydrogen (secondary N) is 2. The Hall–Kier alpha value is -3.16. The summed E-state index contributed by atoms with van der Waals surface area (Å²) in [5.41, 5.74) is 2.15. The minimum Gasteiger partial charge on any atom is -0.493 e. The fraction of sp³-hybridized carbons (Fsp3) is 0.278. The van der Waals surface area contributed by atoms with Gasteiger partial charge in [-0.3, -0.25) is 10.5 Å². The van der Waals surface area contributed by atoms with Crippen LogP contribution in [0.15, 0.2) is 12.1 Å². The molecule has 0 bridgehead atoms. The Bertz CT molecular complexity index is 955. The van der Waals surface area contributed by atoms with Crippen molar-refractivity contribution in [3.63, 3.8) is 0 Å². The Morgan fingerprint density at radius 3 is 2.92 bits per heavy atom. The fourth-order valence-corrected chi connectivity index (χ4v) is 3.28. The molecule has 2 heterocycles. The maximum atomic E-state index is 9.60. The molecule has 1 aromatic heterocycles. The number of H-pyrrole nitrogens is 1. The Labute approximate surface area is 155 Å². The summed E-state index contributed by atoms with van der Waals surface area (Å²) >= 11 is 6.37. The SMILES string of the molecule is C#CCOc1c(Cl)cc(C2c3c(n[nH]c3C)OC(=N)C2C#N)cc1OC. The molecule has 2 aromatic rings. The van der Waals surface area contributed by atoms with Crippen LogP contribution in [-0.2, 0) is 0 Å². The summed E-state index contributed by atoms with van der Waals surface area (Å²) in [7, 11) is 1.49. The van der Waals surface area contributed by atoms with Crippen LogP contribution in [0.3, 0.4) is 0 Å². The number of nitrogens with zero attached hydrogens (tertiary/aromatic N) is 2. The number of hydrogen-bond donors (Lipinski definition) is 2. The number of nitriles is 1. The number of aromatic nitrogens is 2. The van der Waals surface area contributed by atoms with Crippen molar-refractivity contribution in [3.05, 3.63) is 34.0 Å². The van der Waals surface area contributed by atoms with E-state index in [-0.39, 0.29) is 18.4 Å². The number of halogens is 1. The summed E-state index contributed by atoms with van der Waals surface area (Å²) in [6.45, 7) is 1.87. The Balaban J connectivity index is 2.17. The smallest absolute Gasteiger partial charge is 0.243 e. The van der Waals surface area contributed by atoms with Crippen molar-refractivity contribution >= 4 is 17.5 Å². The highest BCUT2D eigenvalue weighted by Crippen LogP contribution is 2.46. The van der Waals surface area contributed by atoms with Crippen molar-refractivity contribution < 1.29 is 14.2 Å². The number of fused-ring (bicyclic) bond motifs is 1. The van der Waals surface area contributed by atoms with E-state index in [0.29, 0.717) is 27.6 Å². The number of benzene rings is 1. The summed E-state index contributed by atoms with van der Waals surface area (Å²) in [6.07, 6.45) is 5.23. The highest BCUT2D eigenvalue weighted by Gasteiger charge is 2.40. The maximum absolute atomic E-state index is 9.60. The van der Waals surface area contributed by atoms with Gasteiger partial charge >= 0.3 is 0 Å². The Kier molecular flexibility index (Phi) is 4.75. The molecule has 2 atom stereocenters. The molecule has 7 nitrogen and oxygen atoms in total. The van der Waals surface area contributed by atoms with E-state index >= 15 is 0 Å². The van der Waals surface area contributed by atoms with Crippen LogP contribution in [0.1, 0.15) is 22.7 Å². The second kappa shape index (κ2) is 6.99. The van der Waals surface area contributed by atoms with Gasteiger partial charge in [-0.15, -0.1) is 11.5 Å². The van der Waals surface area contributed by atoms with Crippen LogP contribution >= 0.6 is 11.6 Å². The summed E-state index contributed by atoms with van der Waals surface area (Å²) < 4.78 is 16.2. The number of hydrogen-bond acceptors (Lipinski definition) is 6. The molecule has 3 rings (SSSR count). The van der Waals surface area contributed by atoms with E-state index in [1.165, 1.54) is 7.11 Å². The molecule has 26 heavy (non-hydrogen) atoms. The lowest BCUT2D eigenvalue weighted by Crippen LogP contribution is -2.31. The number of aryl methyl sites for hydroxylation is 1. The van der Waals surface area contributed by atoms with Gasteiger partial charge in [0.25, 0.3) is 0 Å². The van der Waals surface area contributed by atoms with Gasteiger partial charge in [0.15, 0.2) is 11.5 Å². The lowest BCUT2D eigenvalue weighted by molar-refractivity contribution is 0.330. The van der Waals surface area contributed by atoms with Gasteiger partial charge in [0.05, 0.1) is 18.2 Å². The lowest BCUT2D eigenvalue weighted by Gasteiger charge is -2.28. The molecule has 1 aliphatic rings. The second-order valence-corrected chi connectivity index (χ2v) is 6.05. The zero-order valence-electron chi connectivity index (χ0n) is 14.1. The number of rotatable bonds is 4. The molecule has 2 unspecified atom stereocenters. The molecule has 1 aromatic carbocycles. The van der Waals surface area contributed by atoms with E-state index in [4.69, 9.17) is 37.6 Å². The van der Waals surface area contributed by atoms with Crippen molar-refractivity contribution in [1.82, 2.24) is 10.2 Å². The topological polar surface area (TPSA) is 104 Å². The van der Waals surface area contributed by atoms with Gasteiger partial charge in [-0.2, -0.15) is 5.26 Å². The highest BCUT2D eigenvalue weighted by molar-refractivity contribution is 6.32. The quantitative estimate of drug-likeness (QED) is 0.805. The van der Waals surface area contributed by atoms with Gasteiger partial charge in [-0.1, -0.05) is 17.5 Å². The van der Waals surface area contributed by atoms with Crippen LogP contribution in [0.25, 0.3) is 0 Å². The Morgan fingerprint density at radius 2 is 2.27 bits per heavy atom. The molecule has 0 amide bonds. The van der Waals surface area contributed by atoms with E-state index in [9.17, 15) is 5.26 Å². The predicted molar refractivity (Wildman–Crippen MR) is 95.0 cm³/mol. The molecule has 0 saturated heterocycles. The first-order chi connectivity index (χ1) is 12.5. The number of ether oxygens (including phenoxy) is 3. The van der Waals surface area contributed by atoms with E-state index < -0.39 is 11.8 Å². The van der Waals surface area contributed by atoms with Crippen LogP contribution in [0.5, 0.6) is 17.4 Å². The standard InChI is InChI=1S/C18H15ClN4O3/c1-4-5-25-16-12(19)6-10(7-13(16)24-3)15-11(8-20)17(21)26-18-14(15)9(2)22-23-18/h1,6-7,11,15,21H,5H2,2-3H3,(H,22,23). The minimum absolute atomic E-state index is 0.0448. The van der Waals surface area contributed by atoms with Gasteiger partial charge in [0.2, 0.25) is 11.8 Å². The van der Waals surface area contributed by atoms with Crippen LogP contribution in [0.2, 0.25) is 5.02 Å². The third kappa shape index (κ3) is 2.83. The number of methoxy groups -OCH3 is 1. The van der Waals surface area contributed by atoms with Gasteiger partial charge in [0, 0.05) is 17.2 Å². The molecule has 0 fully saturated rings. The number of aromatic amines is 1. The molecule has 1 aliphatic heterocycles. The molecule has 0 radical (unpaired) electrons. The normalized spacial score (nSPS) is 18.3. The van der Waals surface area contributed by atoms with Crippen LogP contribution in [0.4, 0.5) is 0 Å². The zero-order valence-corrected chi connectivity index (χ0v) is 14.8. The summed E-state index contributed by atoms with van der Waals surface area (Å²) in [6, 6.07) is 5.54. The largest absolute Gasteiger partial charge is 0.493 e. The molecular weight excluding hydrogens is 356 g/mol.